The Bertz CT molecular complexity index is 625. The minimum atomic E-state index is -4.20. The highest BCUT2D eigenvalue weighted by Gasteiger charge is 2.41. The lowest BCUT2D eigenvalue weighted by Crippen LogP contribution is -2.56. The molecule has 1 aliphatic heterocycles. The lowest BCUT2D eigenvalue weighted by molar-refractivity contribution is -0.181. The van der Waals surface area contributed by atoms with E-state index in [9.17, 15) is 13.2 Å². The van der Waals surface area contributed by atoms with Gasteiger partial charge in [0.05, 0.1) is 12.6 Å². The predicted molar refractivity (Wildman–Crippen MR) is 103 cm³/mol. The van der Waals surface area contributed by atoms with Crippen molar-refractivity contribution in [2.45, 2.75) is 52.6 Å². The average molecular weight is 401 g/mol. The van der Waals surface area contributed by atoms with Crippen LogP contribution in [0.3, 0.4) is 0 Å². The summed E-state index contributed by atoms with van der Waals surface area (Å²) in [5, 5.41) is 3.22. The standard InChI is InChI=1S/C19H30F3N5O/c1-5-23-18(25-13-16-6-7-17(24-12-16)28-14(2)3)27-10-8-26(9-11-27)15(4)19(20,21)22/h6-7,12,14-15H,5,8-11,13H2,1-4H3,(H,23,25). The summed E-state index contributed by atoms with van der Waals surface area (Å²) in [6.07, 6.45) is -2.40. The third-order valence-corrected chi connectivity index (χ3v) is 4.54. The molecular weight excluding hydrogens is 371 g/mol. The van der Waals surface area contributed by atoms with Gasteiger partial charge in [-0.3, -0.25) is 4.90 Å². The van der Waals surface area contributed by atoms with Crippen molar-refractivity contribution >= 4 is 5.96 Å². The van der Waals surface area contributed by atoms with Gasteiger partial charge in [-0.1, -0.05) is 6.07 Å². The fourth-order valence-corrected chi connectivity index (χ4v) is 2.94. The smallest absolute Gasteiger partial charge is 0.403 e. The molecule has 6 nitrogen and oxygen atoms in total. The number of rotatable bonds is 6. The molecule has 0 amide bonds. The summed E-state index contributed by atoms with van der Waals surface area (Å²) in [4.78, 5) is 12.4. The number of hydrogen-bond donors (Lipinski definition) is 1. The van der Waals surface area contributed by atoms with Crippen molar-refractivity contribution in [2.75, 3.05) is 32.7 Å². The van der Waals surface area contributed by atoms with Gasteiger partial charge in [-0.2, -0.15) is 13.2 Å². The Morgan fingerprint density at radius 3 is 2.39 bits per heavy atom. The number of hydrogen-bond acceptors (Lipinski definition) is 4. The van der Waals surface area contributed by atoms with Crippen LogP contribution in [0.25, 0.3) is 0 Å². The first-order valence-electron chi connectivity index (χ1n) is 9.66. The number of pyridine rings is 1. The van der Waals surface area contributed by atoms with E-state index in [0.717, 1.165) is 5.56 Å². The van der Waals surface area contributed by atoms with Gasteiger partial charge in [0.2, 0.25) is 5.88 Å². The summed E-state index contributed by atoms with van der Waals surface area (Å²) >= 11 is 0. The first-order valence-corrected chi connectivity index (χ1v) is 9.66. The summed E-state index contributed by atoms with van der Waals surface area (Å²) in [6.45, 7) is 9.92. The van der Waals surface area contributed by atoms with Crippen LogP contribution in [0.4, 0.5) is 13.2 Å². The molecule has 158 valence electrons. The fourth-order valence-electron chi connectivity index (χ4n) is 2.94. The molecule has 1 aromatic heterocycles. The zero-order valence-corrected chi connectivity index (χ0v) is 17.0. The summed E-state index contributed by atoms with van der Waals surface area (Å²) in [5.41, 5.74) is 0.941. The van der Waals surface area contributed by atoms with Crippen molar-refractivity contribution in [3.63, 3.8) is 0 Å². The summed E-state index contributed by atoms with van der Waals surface area (Å²) in [5.74, 6) is 1.29. The average Bonchev–Trinajstić information content (AvgIpc) is 2.65. The number of aromatic nitrogens is 1. The molecule has 28 heavy (non-hydrogen) atoms. The molecule has 0 aliphatic carbocycles. The van der Waals surface area contributed by atoms with Crippen molar-refractivity contribution < 1.29 is 17.9 Å². The molecule has 0 saturated carbocycles. The zero-order valence-electron chi connectivity index (χ0n) is 17.0. The minimum Gasteiger partial charge on any atom is -0.475 e. The second-order valence-electron chi connectivity index (χ2n) is 7.08. The summed E-state index contributed by atoms with van der Waals surface area (Å²) in [7, 11) is 0. The zero-order chi connectivity index (χ0) is 20.7. The summed E-state index contributed by atoms with van der Waals surface area (Å²) in [6, 6.07) is 2.31. The van der Waals surface area contributed by atoms with E-state index in [4.69, 9.17) is 4.74 Å². The van der Waals surface area contributed by atoms with Crippen LogP contribution in [-0.4, -0.2) is 71.8 Å². The molecule has 1 saturated heterocycles. The SMILES string of the molecule is CCNC(=NCc1ccc(OC(C)C)nc1)N1CCN(C(C)C(F)(F)F)CC1. The Morgan fingerprint density at radius 1 is 1.21 bits per heavy atom. The number of aliphatic imine (C=N–C) groups is 1. The molecule has 2 heterocycles. The number of nitrogens with zero attached hydrogens (tertiary/aromatic N) is 4. The Labute approximate surface area is 164 Å². The Balaban J connectivity index is 1.95. The van der Waals surface area contributed by atoms with Crippen LogP contribution in [0.5, 0.6) is 5.88 Å². The van der Waals surface area contributed by atoms with Crippen molar-refractivity contribution in [3.8, 4) is 5.88 Å². The van der Waals surface area contributed by atoms with Gasteiger partial charge in [0, 0.05) is 45.0 Å². The van der Waals surface area contributed by atoms with Gasteiger partial charge in [0.1, 0.15) is 6.04 Å². The van der Waals surface area contributed by atoms with E-state index in [1.54, 1.807) is 6.20 Å². The van der Waals surface area contributed by atoms with Gasteiger partial charge in [-0.15, -0.1) is 0 Å². The Morgan fingerprint density at radius 2 is 1.89 bits per heavy atom. The van der Waals surface area contributed by atoms with Crippen LogP contribution in [0.2, 0.25) is 0 Å². The van der Waals surface area contributed by atoms with Crippen LogP contribution in [-0.2, 0) is 6.54 Å². The molecule has 0 spiro atoms. The highest BCUT2D eigenvalue weighted by molar-refractivity contribution is 5.80. The molecule has 1 aliphatic rings. The number of alkyl halides is 3. The van der Waals surface area contributed by atoms with E-state index in [0.29, 0.717) is 51.1 Å². The molecule has 2 rings (SSSR count). The molecule has 1 N–H and O–H groups in total. The number of ether oxygens (including phenoxy) is 1. The van der Waals surface area contributed by atoms with E-state index in [1.165, 1.54) is 11.8 Å². The number of piperazine rings is 1. The highest BCUT2D eigenvalue weighted by Crippen LogP contribution is 2.25. The predicted octanol–water partition coefficient (Wildman–Crippen LogP) is 2.90. The van der Waals surface area contributed by atoms with Gasteiger partial charge in [-0.05, 0) is 33.3 Å². The van der Waals surface area contributed by atoms with Crippen LogP contribution >= 0.6 is 0 Å². The lowest BCUT2D eigenvalue weighted by Gasteiger charge is -2.39. The Hall–Kier alpha value is -2.03. The number of nitrogens with one attached hydrogen (secondary N) is 1. The van der Waals surface area contributed by atoms with E-state index in [2.05, 4.69) is 15.3 Å². The van der Waals surface area contributed by atoms with E-state index in [1.807, 2.05) is 37.8 Å². The van der Waals surface area contributed by atoms with Crippen molar-refractivity contribution in [1.82, 2.24) is 20.1 Å². The van der Waals surface area contributed by atoms with Gasteiger partial charge in [0.15, 0.2) is 5.96 Å². The Kier molecular flexibility index (Phi) is 7.91. The van der Waals surface area contributed by atoms with Crippen molar-refractivity contribution in [3.05, 3.63) is 23.9 Å². The topological polar surface area (TPSA) is 53.0 Å². The first kappa shape index (κ1) is 22.3. The number of halogens is 3. The lowest BCUT2D eigenvalue weighted by atomic mass is 10.2. The maximum Gasteiger partial charge on any atom is 0.403 e. The van der Waals surface area contributed by atoms with E-state index < -0.39 is 12.2 Å². The van der Waals surface area contributed by atoms with Crippen molar-refractivity contribution in [2.24, 2.45) is 4.99 Å². The fraction of sp³-hybridized carbons (Fsp3) is 0.684. The molecule has 1 fully saturated rings. The van der Waals surface area contributed by atoms with Gasteiger partial charge in [0.25, 0.3) is 0 Å². The third-order valence-electron chi connectivity index (χ3n) is 4.54. The van der Waals surface area contributed by atoms with Crippen LogP contribution in [0, 0.1) is 0 Å². The largest absolute Gasteiger partial charge is 0.475 e. The summed E-state index contributed by atoms with van der Waals surface area (Å²) < 4.78 is 44.3. The quantitative estimate of drug-likeness (QED) is 0.587. The van der Waals surface area contributed by atoms with Crippen LogP contribution in [0.1, 0.15) is 33.3 Å². The molecule has 0 bridgehead atoms. The van der Waals surface area contributed by atoms with Crippen LogP contribution < -0.4 is 10.1 Å². The van der Waals surface area contributed by atoms with Gasteiger partial charge in [-0.25, -0.2) is 9.98 Å². The normalized spacial score (nSPS) is 17.7. The molecule has 1 atom stereocenters. The molecule has 9 heteroatoms. The third kappa shape index (κ3) is 6.54. The highest BCUT2D eigenvalue weighted by atomic mass is 19.4. The molecule has 0 aromatic carbocycles. The maximum atomic E-state index is 12.9. The van der Waals surface area contributed by atoms with E-state index in [-0.39, 0.29) is 6.10 Å². The first-order chi connectivity index (χ1) is 13.2. The second kappa shape index (κ2) is 9.95. The van der Waals surface area contributed by atoms with Gasteiger partial charge >= 0.3 is 6.18 Å². The number of guanidine groups is 1. The van der Waals surface area contributed by atoms with E-state index >= 15 is 0 Å². The van der Waals surface area contributed by atoms with Crippen molar-refractivity contribution in [1.29, 1.82) is 0 Å². The second-order valence-corrected chi connectivity index (χ2v) is 7.08. The minimum absolute atomic E-state index is 0.0652. The van der Waals surface area contributed by atoms with Crippen LogP contribution in [0.15, 0.2) is 23.3 Å². The molecule has 0 radical (unpaired) electrons. The molecule has 1 unspecified atom stereocenters. The molecular formula is C19H30F3N5O. The maximum absolute atomic E-state index is 12.9. The van der Waals surface area contributed by atoms with Gasteiger partial charge < -0.3 is 15.0 Å². The molecule has 1 aromatic rings. The monoisotopic (exact) mass is 401 g/mol.